The number of carbonyl (C=O) groups is 2. The van der Waals surface area contributed by atoms with Gasteiger partial charge >= 0.3 is 5.97 Å². The van der Waals surface area contributed by atoms with Gasteiger partial charge in [0.2, 0.25) is 5.78 Å². The van der Waals surface area contributed by atoms with E-state index in [2.05, 4.69) is 22.6 Å². The average molecular weight is 410 g/mol. The molecular weight excluding hydrogens is 395 g/mol. The second-order valence-corrected chi connectivity index (χ2v) is 5.89. The van der Waals surface area contributed by atoms with Gasteiger partial charge in [-0.2, -0.15) is 0 Å². The van der Waals surface area contributed by atoms with Gasteiger partial charge in [-0.3, -0.25) is 4.79 Å². The summed E-state index contributed by atoms with van der Waals surface area (Å²) in [4.78, 5) is 24.3. The van der Waals surface area contributed by atoms with Crippen LogP contribution in [0.25, 0.3) is 0 Å². The van der Waals surface area contributed by atoms with Crippen LogP contribution < -0.4 is 4.74 Å². The number of hydrogen-bond donors (Lipinski definition) is 0. The SMILES string of the molecule is COc1ccc(C(=O)[C@H](C)OC(=O)c2ccc(I)cc2)cc1. The van der Waals surface area contributed by atoms with E-state index < -0.39 is 12.1 Å². The molecule has 0 aliphatic carbocycles. The van der Waals surface area contributed by atoms with Crippen LogP contribution in [0.4, 0.5) is 0 Å². The molecule has 0 fully saturated rings. The number of rotatable bonds is 5. The third kappa shape index (κ3) is 4.07. The second kappa shape index (κ2) is 7.40. The predicted octanol–water partition coefficient (Wildman–Crippen LogP) is 3.73. The highest BCUT2D eigenvalue weighted by atomic mass is 127. The van der Waals surface area contributed by atoms with E-state index in [9.17, 15) is 9.59 Å². The van der Waals surface area contributed by atoms with Gasteiger partial charge in [0, 0.05) is 9.13 Å². The molecule has 1 atom stereocenters. The molecule has 114 valence electrons. The van der Waals surface area contributed by atoms with Crippen molar-refractivity contribution in [2.24, 2.45) is 0 Å². The van der Waals surface area contributed by atoms with Gasteiger partial charge in [0.25, 0.3) is 0 Å². The van der Waals surface area contributed by atoms with Crippen LogP contribution in [0, 0.1) is 3.57 Å². The smallest absolute Gasteiger partial charge is 0.338 e. The quantitative estimate of drug-likeness (QED) is 0.428. The Hall–Kier alpha value is -1.89. The third-order valence-electron chi connectivity index (χ3n) is 3.11. The molecule has 0 amide bonds. The van der Waals surface area contributed by atoms with Gasteiger partial charge in [-0.25, -0.2) is 4.79 Å². The number of esters is 1. The molecule has 5 heteroatoms. The molecule has 2 rings (SSSR count). The molecule has 4 nitrogen and oxygen atoms in total. The zero-order chi connectivity index (χ0) is 16.1. The summed E-state index contributed by atoms with van der Waals surface area (Å²) in [7, 11) is 1.56. The van der Waals surface area contributed by atoms with Crippen molar-refractivity contribution in [2.45, 2.75) is 13.0 Å². The summed E-state index contributed by atoms with van der Waals surface area (Å²) < 4.78 is 11.3. The molecule has 0 aliphatic rings. The number of hydrogen-bond acceptors (Lipinski definition) is 4. The number of methoxy groups -OCH3 is 1. The zero-order valence-corrected chi connectivity index (χ0v) is 14.4. The molecule has 0 aliphatic heterocycles. The largest absolute Gasteiger partial charge is 0.497 e. The normalized spacial score (nSPS) is 11.6. The number of halogens is 1. The summed E-state index contributed by atoms with van der Waals surface area (Å²) >= 11 is 2.15. The maximum atomic E-state index is 12.2. The lowest BCUT2D eigenvalue weighted by Gasteiger charge is -2.12. The fourth-order valence-electron chi connectivity index (χ4n) is 1.86. The molecule has 0 spiro atoms. The van der Waals surface area contributed by atoms with Gasteiger partial charge in [0.15, 0.2) is 6.10 Å². The first kappa shape index (κ1) is 16.5. The minimum absolute atomic E-state index is 0.249. The van der Waals surface area contributed by atoms with Crippen molar-refractivity contribution < 1.29 is 19.1 Å². The lowest BCUT2D eigenvalue weighted by Crippen LogP contribution is -2.24. The lowest BCUT2D eigenvalue weighted by atomic mass is 10.1. The zero-order valence-electron chi connectivity index (χ0n) is 12.2. The maximum Gasteiger partial charge on any atom is 0.338 e. The van der Waals surface area contributed by atoms with Crippen molar-refractivity contribution >= 4 is 34.3 Å². The molecule has 0 N–H and O–H groups in total. The summed E-state index contributed by atoms with van der Waals surface area (Å²) in [5, 5.41) is 0. The second-order valence-electron chi connectivity index (χ2n) is 4.65. The van der Waals surface area contributed by atoms with Crippen molar-refractivity contribution in [3.63, 3.8) is 0 Å². The minimum atomic E-state index is -0.847. The van der Waals surface area contributed by atoms with Crippen LogP contribution in [-0.2, 0) is 4.74 Å². The maximum absolute atomic E-state index is 12.2. The van der Waals surface area contributed by atoms with E-state index >= 15 is 0 Å². The predicted molar refractivity (Wildman–Crippen MR) is 91.4 cm³/mol. The fourth-order valence-corrected chi connectivity index (χ4v) is 2.22. The Labute approximate surface area is 142 Å². The van der Waals surface area contributed by atoms with E-state index in [-0.39, 0.29) is 5.78 Å². The Morgan fingerprint density at radius 2 is 1.50 bits per heavy atom. The molecule has 0 unspecified atom stereocenters. The Morgan fingerprint density at radius 1 is 0.955 bits per heavy atom. The van der Waals surface area contributed by atoms with Crippen LogP contribution in [0.5, 0.6) is 5.75 Å². The summed E-state index contributed by atoms with van der Waals surface area (Å²) in [6.45, 7) is 1.57. The molecule has 0 heterocycles. The van der Waals surface area contributed by atoms with E-state index in [1.807, 2.05) is 12.1 Å². The van der Waals surface area contributed by atoms with E-state index in [1.165, 1.54) is 0 Å². The lowest BCUT2D eigenvalue weighted by molar-refractivity contribution is 0.0319. The van der Waals surface area contributed by atoms with E-state index in [4.69, 9.17) is 9.47 Å². The van der Waals surface area contributed by atoms with Crippen LogP contribution >= 0.6 is 22.6 Å². The molecule has 0 bridgehead atoms. The highest BCUT2D eigenvalue weighted by Crippen LogP contribution is 2.15. The molecule has 0 radical (unpaired) electrons. The van der Waals surface area contributed by atoms with Gasteiger partial charge in [0.1, 0.15) is 5.75 Å². The van der Waals surface area contributed by atoms with Gasteiger partial charge in [-0.15, -0.1) is 0 Å². The van der Waals surface area contributed by atoms with Crippen molar-refractivity contribution in [3.8, 4) is 5.75 Å². The molecule has 0 aromatic heterocycles. The van der Waals surface area contributed by atoms with Gasteiger partial charge in [0.05, 0.1) is 12.7 Å². The summed E-state index contributed by atoms with van der Waals surface area (Å²) in [6.07, 6.45) is -0.847. The van der Waals surface area contributed by atoms with Crippen molar-refractivity contribution in [2.75, 3.05) is 7.11 Å². The van der Waals surface area contributed by atoms with E-state index in [0.29, 0.717) is 16.9 Å². The Morgan fingerprint density at radius 3 is 2.05 bits per heavy atom. The number of ketones is 1. The van der Waals surface area contributed by atoms with Crippen LogP contribution in [-0.4, -0.2) is 25.0 Å². The van der Waals surface area contributed by atoms with Gasteiger partial charge < -0.3 is 9.47 Å². The summed E-state index contributed by atoms with van der Waals surface area (Å²) in [5.74, 6) is -0.0904. The van der Waals surface area contributed by atoms with Crippen molar-refractivity contribution in [1.82, 2.24) is 0 Å². The number of carbonyl (C=O) groups excluding carboxylic acids is 2. The molecule has 22 heavy (non-hydrogen) atoms. The monoisotopic (exact) mass is 410 g/mol. The highest BCUT2D eigenvalue weighted by Gasteiger charge is 2.20. The third-order valence-corrected chi connectivity index (χ3v) is 3.83. The first-order chi connectivity index (χ1) is 10.5. The van der Waals surface area contributed by atoms with Crippen LogP contribution in [0.2, 0.25) is 0 Å². The standard InChI is InChI=1S/C17H15IO4/c1-11(16(19)12-5-9-15(21-2)10-6-12)22-17(20)13-3-7-14(18)8-4-13/h3-11H,1-2H3/t11-/m0/s1. The molecular formula is C17H15IO4. The molecule has 0 saturated heterocycles. The minimum Gasteiger partial charge on any atom is -0.497 e. The van der Waals surface area contributed by atoms with Crippen LogP contribution in [0.1, 0.15) is 27.6 Å². The summed E-state index contributed by atoms with van der Waals surface area (Å²) in [5.41, 5.74) is 0.901. The van der Waals surface area contributed by atoms with Crippen molar-refractivity contribution in [3.05, 3.63) is 63.2 Å². The van der Waals surface area contributed by atoms with Crippen LogP contribution in [0.3, 0.4) is 0 Å². The van der Waals surface area contributed by atoms with E-state index in [0.717, 1.165) is 3.57 Å². The fraction of sp³-hybridized carbons (Fsp3) is 0.176. The Balaban J connectivity index is 2.03. The first-order valence-electron chi connectivity index (χ1n) is 6.66. The molecule has 2 aromatic rings. The average Bonchev–Trinajstić information content (AvgIpc) is 2.54. The van der Waals surface area contributed by atoms with Gasteiger partial charge in [-0.05, 0) is 78.0 Å². The Bertz CT molecular complexity index is 662. The number of benzene rings is 2. The summed E-state index contributed by atoms with van der Waals surface area (Å²) in [6, 6.07) is 13.7. The molecule has 2 aromatic carbocycles. The number of Topliss-reactive ketones (excluding diaryl/α,β-unsaturated/α-hetero) is 1. The van der Waals surface area contributed by atoms with Crippen LogP contribution in [0.15, 0.2) is 48.5 Å². The van der Waals surface area contributed by atoms with E-state index in [1.54, 1.807) is 50.4 Å². The first-order valence-corrected chi connectivity index (χ1v) is 7.74. The Kier molecular flexibility index (Phi) is 5.54. The highest BCUT2D eigenvalue weighted by molar-refractivity contribution is 14.1. The molecule has 0 saturated carbocycles. The number of ether oxygens (including phenoxy) is 2. The topological polar surface area (TPSA) is 52.6 Å². The van der Waals surface area contributed by atoms with Crippen molar-refractivity contribution in [1.29, 1.82) is 0 Å². The van der Waals surface area contributed by atoms with Gasteiger partial charge in [-0.1, -0.05) is 0 Å².